The van der Waals surface area contributed by atoms with Crippen LogP contribution >= 0.6 is 0 Å². The van der Waals surface area contributed by atoms with E-state index in [2.05, 4.69) is 0 Å². The second kappa shape index (κ2) is 4.62. The first kappa shape index (κ1) is 9.83. The summed E-state index contributed by atoms with van der Waals surface area (Å²) in [7, 11) is 0. The fourth-order valence-electron chi connectivity index (χ4n) is 0.564. The zero-order valence-electron chi connectivity index (χ0n) is 5.90. The summed E-state index contributed by atoms with van der Waals surface area (Å²) in [5, 5.41) is 18.0. The zero-order chi connectivity index (χ0) is 8.85. The molecule has 0 rings (SSSR count). The largest absolute Gasteiger partial charge is 0.480 e. The Balaban J connectivity index is 3.39. The van der Waals surface area contributed by atoms with Gasteiger partial charge in [-0.15, -0.1) is 0 Å². The van der Waals surface area contributed by atoms with Crippen LogP contribution in [0, 0.1) is 10.1 Å². The van der Waals surface area contributed by atoms with Crippen molar-refractivity contribution in [3.63, 3.8) is 0 Å². The number of nitrogens with zero attached hydrogens (tertiary/aromatic N) is 1. The molecule has 0 aromatic carbocycles. The van der Waals surface area contributed by atoms with E-state index in [0.29, 0.717) is 0 Å². The van der Waals surface area contributed by atoms with Crippen LogP contribution in [0.3, 0.4) is 0 Å². The maximum absolute atomic E-state index is 10.1. The number of nitrogens with two attached hydrogens (primary N) is 1. The van der Waals surface area contributed by atoms with Gasteiger partial charge in [-0.25, -0.2) is 0 Å². The summed E-state index contributed by atoms with van der Waals surface area (Å²) in [5.74, 6) is -1.12. The molecule has 64 valence electrons. The third-order valence-corrected chi connectivity index (χ3v) is 1.17. The number of hydrogen-bond donors (Lipinski definition) is 2. The van der Waals surface area contributed by atoms with Crippen LogP contribution in [0.15, 0.2) is 0 Å². The van der Waals surface area contributed by atoms with Crippen LogP contribution in [0.1, 0.15) is 12.8 Å². The molecule has 0 saturated heterocycles. The van der Waals surface area contributed by atoms with E-state index in [9.17, 15) is 14.9 Å². The zero-order valence-corrected chi connectivity index (χ0v) is 5.90. The minimum absolute atomic E-state index is 0.149. The van der Waals surface area contributed by atoms with E-state index in [-0.39, 0.29) is 19.4 Å². The second-order valence-electron chi connectivity index (χ2n) is 2.14. The van der Waals surface area contributed by atoms with Crippen molar-refractivity contribution in [1.82, 2.24) is 0 Å². The van der Waals surface area contributed by atoms with Gasteiger partial charge in [0.05, 0.1) is 0 Å². The van der Waals surface area contributed by atoms with Gasteiger partial charge < -0.3 is 10.8 Å². The molecule has 0 fully saturated rings. The van der Waals surface area contributed by atoms with Crippen molar-refractivity contribution in [2.45, 2.75) is 18.9 Å². The number of aliphatic carboxylic acids is 1. The number of carboxylic acid groups (broad SMARTS) is 1. The van der Waals surface area contributed by atoms with Gasteiger partial charge in [0.1, 0.15) is 6.04 Å². The Kier molecular flexibility index (Phi) is 4.12. The summed E-state index contributed by atoms with van der Waals surface area (Å²) in [4.78, 5) is 19.4. The van der Waals surface area contributed by atoms with E-state index in [1.54, 1.807) is 0 Å². The highest BCUT2D eigenvalue weighted by Gasteiger charge is 2.11. The topological polar surface area (TPSA) is 106 Å². The predicted octanol–water partition coefficient (Wildman–Crippen LogP) is -0.545. The smallest absolute Gasteiger partial charge is 0.320 e. The second-order valence-corrected chi connectivity index (χ2v) is 2.14. The molecule has 0 spiro atoms. The summed E-state index contributed by atoms with van der Waals surface area (Å²) in [6.45, 7) is -0.221. The first-order chi connectivity index (χ1) is 5.04. The maximum Gasteiger partial charge on any atom is 0.320 e. The van der Waals surface area contributed by atoms with Crippen molar-refractivity contribution in [2.75, 3.05) is 6.54 Å². The molecule has 0 saturated carbocycles. The average Bonchev–Trinajstić information content (AvgIpc) is 1.86. The van der Waals surface area contributed by atoms with Gasteiger partial charge in [0.2, 0.25) is 6.54 Å². The summed E-state index contributed by atoms with van der Waals surface area (Å²) >= 11 is 0. The van der Waals surface area contributed by atoms with Crippen molar-refractivity contribution in [3.05, 3.63) is 10.1 Å². The number of hydrogen-bond acceptors (Lipinski definition) is 4. The minimum atomic E-state index is -1.12. The molecule has 11 heavy (non-hydrogen) atoms. The van der Waals surface area contributed by atoms with Gasteiger partial charge in [0.15, 0.2) is 0 Å². The number of carbonyl (C=O) groups is 1. The van der Waals surface area contributed by atoms with E-state index in [4.69, 9.17) is 10.8 Å². The SMILES string of the molecule is NC(CCC[N+](=O)[O-])C(=O)O. The first-order valence-corrected chi connectivity index (χ1v) is 3.14. The molecule has 0 aliphatic carbocycles. The fourth-order valence-corrected chi connectivity index (χ4v) is 0.564. The lowest BCUT2D eigenvalue weighted by atomic mass is 10.2. The molecule has 0 aromatic rings. The molecule has 0 heterocycles. The molecule has 1 atom stereocenters. The highest BCUT2D eigenvalue weighted by atomic mass is 16.6. The summed E-state index contributed by atoms with van der Waals surface area (Å²) < 4.78 is 0. The van der Waals surface area contributed by atoms with Gasteiger partial charge in [-0.1, -0.05) is 0 Å². The molecule has 0 amide bonds. The van der Waals surface area contributed by atoms with Crippen LogP contribution in [0.4, 0.5) is 0 Å². The van der Waals surface area contributed by atoms with E-state index in [1.165, 1.54) is 0 Å². The van der Waals surface area contributed by atoms with Crippen LogP contribution < -0.4 is 5.73 Å². The van der Waals surface area contributed by atoms with Crippen LogP contribution in [-0.4, -0.2) is 28.6 Å². The average molecular weight is 162 g/mol. The lowest BCUT2D eigenvalue weighted by Gasteiger charge is -2.01. The van der Waals surface area contributed by atoms with Gasteiger partial charge in [0, 0.05) is 11.3 Å². The normalized spacial score (nSPS) is 12.5. The van der Waals surface area contributed by atoms with Gasteiger partial charge in [-0.3, -0.25) is 14.9 Å². The van der Waals surface area contributed by atoms with Crippen molar-refractivity contribution in [1.29, 1.82) is 0 Å². The van der Waals surface area contributed by atoms with Gasteiger partial charge in [-0.2, -0.15) is 0 Å². The molecule has 3 N–H and O–H groups in total. The maximum atomic E-state index is 10.1. The summed E-state index contributed by atoms with van der Waals surface area (Å²) in [6.07, 6.45) is 0.358. The molecule has 0 aromatic heterocycles. The molecule has 6 nitrogen and oxygen atoms in total. The summed E-state index contributed by atoms with van der Waals surface area (Å²) in [5.41, 5.74) is 5.08. The molecule has 0 radical (unpaired) electrons. The third kappa shape index (κ3) is 5.28. The van der Waals surface area contributed by atoms with E-state index < -0.39 is 16.9 Å². The standard InChI is InChI=1S/C5H10N2O4/c6-4(5(8)9)2-1-3-7(10)11/h4H,1-3,6H2,(H,8,9). The van der Waals surface area contributed by atoms with E-state index >= 15 is 0 Å². The van der Waals surface area contributed by atoms with E-state index in [1.807, 2.05) is 0 Å². The van der Waals surface area contributed by atoms with Gasteiger partial charge >= 0.3 is 5.97 Å². The van der Waals surface area contributed by atoms with Crippen molar-refractivity contribution in [3.8, 4) is 0 Å². The van der Waals surface area contributed by atoms with Crippen LogP contribution in [0.25, 0.3) is 0 Å². The Morgan fingerprint density at radius 3 is 2.64 bits per heavy atom. The molecule has 0 bridgehead atoms. The van der Waals surface area contributed by atoms with Gasteiger partial charge in [-0.05, 0) is 6.42 Å². The molecule has 0 aliphatic rings. The molecule has 0 aliphatic heterocycles. The van der Waals surface area contributed by atoms with Crippen molar-refractivity contribution < 1.29 is 14.8 Å². The van der Waals surface area contributed by atoms with Crippen LogP contribution in [0.2, 0.25) is 0 Å². The Morgan fingerprint density at radius 2 is 2.27 bits per heavy atom. The van der Waals surface area contributed by atoms with Crippen LogP contribution in [0.5, 0.6) is 0 Å². The Hall–Kier alpha value is -1.17. The predicted molar refractivity (Wildman–Crippen MR) is 36.7 cm³/mol. The van der Waals surface area contributed by atoms with Crippen molar-refractivity contribution in [2.24, 2.45) is 5.73 Å². The highest BCUT2D eigenvalue weighted by Crippen LogP contribution is 1.94. The lowest BCUT2D eigenvalue weighted by molar-refractivity contribution is -0.480. The Labute approximate surface area is 63.1 Å². The fraction of sp³-hybridized carbons (Fsp3) is 0.800. The van der Waals surface area contributed by atoms with Gasteiger partial charge in [0.25, 0.3) is 0 Å². The van der Waals surface area contributed by atoms with Crippen molar-refractivity contribution >= 4 is 5.97 Å². The third-order valence-electron chi connectivity index (χ3n) is 1.17. The lowest BCUT2D eigenvalue weighted by Crippen LogP contribution is -2.30. The Morgan fingerprint density at radius 1 is 1.73 bits per heavy atom. The Bertz CT molecular complexity index is 159. The minimum Gasteiger partial charge on any atom is -0.480 e. The number of carboxylic acids is 1. The molecular formula is C5H10N2O4. The monoisotopic (exact) mass is 162 g/mol. The first-order valence-electron chi connectivity index (χ1n) is 3.14. The number of rotatable bonds is 5. The molecular weight excluding hydrogens is 152 g/mol. The quantitative estimate of drug-likeness (QED) is 0.417. The molecule has 6 heteroatoms. The number of nitro groups is 1. The highest BCUT2D eigenvalue weighted by molar-refractivity contribution is 5.72. The summed E-state index contributed by atoms with van der Waals surface area (Å²) in [6, 6.07) is -0.977. The van der Waals surface area contributed by atoms with Crippen LogP contribution in [-0.2, 0) is 4.79 Å². The molecule has 1 unspecified atom stereocenters. The van der Waals surface area contributed by atoms with E-state index in [0.717, 1.165) is 0 Å².